The first-order valence-corrected chi connectivity index (χ1v) is 4.98. The van der Waals surface area contributed by atoms with Gasteiger partial charge in [0, 0.05) is 18.0 Å². The molecule has 0 unspecified atom stereocenters. The van der Waals surface area contributed by atoms with Gasteiger partial charge in [-0.05, 0) is 31.2 Å². The Morgan fingerprint density at radius 1 is 1.31 bits per heavy atom. The van der Waals surface area contributed by atoms with Crippen LogP contribution in [0, 0.1) is 24.6 Å². The Hall–Kier alpha value is -2.08. The molecule has 1 heterocycles. The fourth-order valence-corrected chi connectivity index (χ4v) is 1.33. The lowest BCUT2D eigenvalue weighted by atomic mass is 10.2. The minimum atomic E-state index is -0.240. The summed E-state index contributed by atoms with van der Waals surface area (Å²) in [6.45, 7) is 2.53. The van der Waals surface area contributed by atoms with Crippen molar-refractivity contribution in [1.82, 2.24) is 9.55 Å². The number of aromatic nitrogens is 2. The molecule has 0 bridgehead atoms. The molecule has 2 nitrogen and oxygen atoms in total. The van der Waals surface area contributed by atoms with Crippen molar-refractivity contribution in [2.45, 2.75) is 13.5 Å². The van der Waals surface area contributed by atoms with Crippen molar-refractivity contribution in [1.29, 1.82) is 0 Å². The average molecular weight is 214 g/mol. The van der Waals surface area contributed by atoms with Gasteiger partial charge in [-0.2, -0.15) is 0 Å². The largest absolute Gasteiger partial charge is 0.324 e. The molecular formula is C13H11FN2. The Labute approximate surface area is 93.8 Å². The van der Waals surface area contributed by atoms with E-state index < -0.39 is 0 Å². The van der Waals surface area contributed by atoms with E-state index in [1.54, 1.807) is 18.3 Å². The van der Waals surface area contributed by atoms with Crippen molar-refractivity contribution in [2.75, 3.05) is 0 Å². The van der Waals surface area contributed by atoms with Crippen LogP contribution in [0.1, 0.15) is 11.4 Å². The smallest absolute Gasteiger partial charge is 0.123 e. The molecule has 80 valence electrons. The molecule has 2 rings (SSSR count). The van der Waals surface area contributed by atoms with E-state index in [1.807, 2.05) is 17.7 Å². The highest BCUT2D eigenvalue weighted by Crippen LogP contribution is 2.00. The highest BCUT2D eigenvalue weighted by atomic mass is 19.1. The number of hydrogen-bond acceptors (Lipinski definition) is 1. The zero-order valence-corrected chi connectivity index (χ0v) is 8.94. The van der Waals surface area contributed by atoms with Gasteiger partial charge in [0.05, 0.1) is 6.54 Å². The Balaban J connectivity index is 2.06. The summed E-state index contributed by atoms with van der Waals surface area (Å²) in [4.78, 5) is 4.10. The highest BCUT2D eigenvalue weighted by Gasteiger charge is 1.92. The van der Waals surface area contributed by atoms with Crippen LogP contribution in [0.4, 0.5) is 4.39 Å². The zero-order chi connectivity index (χ0) is 11.4. The molecule has 0 saturated heterocycles. The maximum atomic E-state index is 12.6. The number of imidazole rings is 1. The molecule has 2 aromatic rings. The van der Waals surface area contributed by atoms with Crippen LogP contribution >= 0.6 is 0 Å². The fourth-order valence-electron chi connectivity index (χ4n) is 1.33. The van der Waals surface area contributed by atoms with E-state index >= 15 is 0 Å². The molecule has 0 aliphatic heterocycles. The number of benzene rings is 1. The summed E-state index contributed by atoms with van der Waals surface area (Å²) in [5.74, 6) is 6.69. The lowest BCUT2D eigenvalue weighted by Crippen LogP contribution is -1.96. The first kappa shape index (κ1) is 10.4. The van der Waals surface area contributed by atoms with Gasteiger partial charge < -0.3 is 4.57 Å². The van der Waals surface area contributed by atoms with Crippen LogP contribution in [0.25, 0.3) is 0 Å². The van der Waals surface area contributed by atoms with Gasteiger partial charge in [-0.3, -0.25) is 0 Å². The Kier molecular flexibility index (Phi) is 3.02. The summed E-state index contributed by atoms with van der Waals surface area (Å²) in [5, 5.41) is 0. The van der Waals surface area contributed by atoms with E-state index in [1.165, 1.54) is 12.1 Å². The van der Waals surface area contributed by atoms with E-state index in [2.05, 4.69) is 16.8 Å². The summed E-state index contributed by atoms with van der Waals surface area (Å²) >= 11 is 0. The first-order valence-electron chi connectivity index (χ1n) is 4.98. The van der Waals surface area contributed by atoms with E-state index in [9.17, 15) is 4.39 Å². The summed E-state index contributed by atoms with van der Waals surface area (Å²) in [5.41, 5.74) is 0.819. The number of halogens is 1. The molecule has 16 heavy (non-hydrogen) atoms. The second-order valence-electron chi connectivity index (χ2n) is 3.41. The summed E-state index contributed by atoms with van der Waals surface area (Å²) in [6.07, 6.45) is 3.63. The molecule has 0 radical (unpaired) electrons. The van der Waals surface area contributed by atoms with Crippen LogP contribution in [0.2, 0.25) is 0 Å². The van der Waals surface area contributed by atoms with E-state index in [-0.39, 0.29) is 5.82 Å². The van der Waals surface area contributed by atoms with Crippen LogP contribution < -0.4 is 0 Å². The van der Waals surface area contributed by atoms with Crippen LogP contribution in [-0.4, -0.2) is 9.55 Å². The second kappa shape index (κ2) is 4.63. The lowest BCUT2D eigenvalue weighted by Gasteiger charge is -1.96. The maximum Gasteiger partial charge on any atom is 0.123 e. The molecule has 0 saturated carbocycles. The predicted molar refractivity (Wildman–Crippen MR) is 60.2 cm³/mol. The van der Waals surface area contributed by atoms with Gasteiger partial charge in [0.1, 0.15) is 11.6 Å². The van der Waals surface area contributed by atoms with Crippen molar-refractivity contribution >= 4 is 0 Å². The molecule has 0 N–H and O–H groups in total. The zero-order valence-electron chi connectivity index (χ0n) is 8.94. The van der Waals surface area contributed by atoms with Crippen molar-refractivity contribution in [3.05, 3.63) is 53.9 Å². The molecule has 1 aromatic heterocycles. The van der Waals surface area contributed by atoms with Crippen molar-refractivity contribution in [3.63, 3.8) is 0 Å². The van der Waals surface area contributed by atoms with E-state index in [0.29, 0.717) is 6.54 Å². The molecule has 0 spiro atoms. The number of hydrogen-bond donors (Lipinski definition) is 0. The molecule has 0 amide bonds. The quantitative estimate of drug-likeness (QED) is 0.666. The molecule has 0 aliphatic carbocycles. The number of rotatable bonds is 1. The van der Waals surface area contributed by atoms with Gasteiger partial charge in [0.25, 0.3) is 0 Å². The van der Waals surface area contributed by atoms with Crippen molar-refractivity contribution in [3.8, 4) is 11.8 Å². The third-order valence-electron chi connectivity index (χ3n) is 2.25. The monoisotopic (exact) mass is 214 g/mol. The van der Waals surface area contributed by atoms with Crippen LogP contribution in [0.15, 0.2) is 36.7 Å². The summed E-state index contributed by atoms with van der Waals surface area (Å²) in [7, 11) is 0. The first-order chi connectivity index (χ1) is 7.75. The summed E-state index contributed by atoms with van der Waals surface area (Å²) in [6, 6.07) is 6.16. The second-order valence-corrected chi connectivity index (χ2v) is 3.41. The summed E-state index contributed by atoms with van der Waals surface area (Å²) < 4.78 is 14.6. The molecule has 0 aliphatic rings. The Bertz CT molecular complexity index is 529. The normalized spacial score (nSPS) is 9.62. The van der Waals surface area contributed by atoms with Gasteiger partial charge >= 0.3 is 0 Å². The van der Waals surface area contributed by atoms with Gasteiger partial charge in [-0.25, -0.2) is 9.37 Å². The van der Waals surface area contributed by atoms with Gasteiger partial charge in [-0.1, -0.05) is 11.8 Å². The fraction of sp³-hybridized carbons (Fsp3) is 0.154. The predicted octanol–water partition coefficient (Wildman–Crippen LogP) is 2.38. The molecule has 0 fully saturated rings. The Morgan fingerprint density at radius 3 is 2.69 bits per heavy atom. The van der Waals surface area contributed by atoms with Crippen LogP contribution in [0.3, 0.4) is 0 Å². The minimum absolute atomic E-state index is 0.240. The average Bonchev–Trinajstić information content (AvgIpc) is 2.68. The maximum absolute atomic E-state index is 12.6. The van der Waals surface area contributed by atoms with Crippen LogP contribution in [-0.2, 0) is 6.54 Å². The Morgan fingerprint density at radius 2 is 2.06 bits per heavy atom. The van der Waals surface area contributed by atoms with Gasteiger partial charge in [0.15, 0.2) is 0 Å². The number of aryl methyl sites for hydroxylation is 1. The molecule has 3 heteroatoms. The highest BCUT2D eigenvalue weighted by molar-refractivity contribution is 5.33. The topological polar surface area (TPSA) is 17.8 Å². The standard InChI is InChI=1S/C13H11FN2/c1-11-15-8-10-16(11)9-2-3-12-4-6-13(14)7-5-12/h4-8,10H,9H2,1H3. The van der Waals surface area contributed by atoms with Crippen LogP contribution in [0.5, 0.6) is 0 Å². The van der Waals surface area contributed by atoms with Gasteiger partial charge in [0.2, 0.25) is 0 Å². The third-order valence-corrected chi connectivity index (χ3v) is 2.25. The number of nitrogens with zero attached hydrogens (tertiary/aromatic N) is 2. The third kappa shape index (κ3) is 2.48. The molecule has 1 aromatic carbocycles. The van der Waals surface area contributed by atoms with E-state index in [0.717, 1.165) is 11.4 Å². The lowest BCUT2D eigenvalue weighted by molar-refractivity contribution is 0.627. The van der Waals surface area contributed by atoms with Gasteiger partial charge in [-0.15, -0.1) is 0 Å². The minimum Gasteiger partial charge on any atom is -0.324 e. The molecular weight excluding hydrogens is 203 g/mol. The van der Waals surface area contributed by atoms with E-state index in [4.69, 9.17) is 0 Å². The molecule has 0 atom stereocenters. The SMILES string of the molecule is Cc1nccn1CC#Cc1ccc(F)cc1. The van der Waals surface area contributed by atoms with Crippen molar-refractivity contribution in [2.24, 2.45) is 0 Å². The van der Waals surface area contributed by atoms with Crippen molar-refractivity contribution < 1.29 is 4.39 Å².